The second kappa shape index (κ2) is 8.87. The minimum Gasteiger partial charge on any atom is -0.389 e. The van der Waals surface area contributed by atoms with Crippen molar-refractivity contribution < 1.29 is 9.84 Å². The lowest BCUT2D eigenvalue weighted by Crippen LogP contribution is -2.28. The van der Waals surface area contributed by atoms with E-state index >= 15 is 0 Å². The Morgan fingerprint density at radius 2 is 1.76 bits per heavy atom. The van der Waals surface area contributed by atoms with Crippen molar-refractivity contribution in [2.75, 3.05) is 18.5 Å². The molecule has 21 heavy (non-hydrogen) atoms. The third kappa shape index (κ3) is 5.82. The van der Waals surface area contributed by atoms with Crippen molar-refractivity contribution >= 4 is 53.5 Å². The molecule has 0 spiro atoms. The van der Waals surface area contributed by atoms with Crippen molar-refractivity contribution in [1.82, 2.24) is 0 Å². The molecule has 2 rings (SSSR count). The quantitative estimate of drug-likeness (QED) is 0.589. The van der Waals surface area contributed by atoms with E-state index in [9.17, 15) is 5.11 Å². The summed E-state index contributed by atoms with van der Waals surface area (Å²) in [6.45, 7) is 0.856. The Balaban J connectivity index is 1.77. The molecule has 1 fully saturated rings. The molecule has 1 unspecified atom stereocenters. The Kier molecular flexibility index (Phi) is 7.49. The molecule has 1 saturated carbocycles. The van der Waals surface area contributed by atoms with Gasteiger partial charge >= 0.3 is 0 Å². The van der Waals surface area contributed by atoms with Crippen LogP contribution in [-0.4, -0.2) is 30.5 Å². The molecule has 1 atom stereocenters. The Hall–Kier alpha value is 0.380. The van der Waals surface area contributed by atoms with Crippen LogP contribution in [0.2, 0.25) is 0 Å². The molecule has 1 aromatic carbocycles. The topological polar surface area (TPSA) is 41.5 Å². The number of nitrogens with one attached hydrogen (secondary N) is 1. The van der Waals surface area contributed by atoms with Gasteiger partial charge in [0.25, 0.3) is 0 Å². The van der Waals surface area contributed by atoms with Crippen LogP contribution in [0.15, 0.2) is 25.6 Å². The SMILES string of the molecule is OC(CNc1c(Br)cc(Br)cc1Br)COC1CCCCC1. The van der Waals surface area contributed by atoms with E-state index in [0.717, 1.165) is 31.9 Å². The second-order valence-electron chi connectivity index (χ2n) is 5.37. The van der Waals surface area contributed by atoms with Crippen LogP contribution >= 0.6 is 47.8 Å². The van der Waals surface area contributed by atoms with Gasteiger partial charge in [0.2, 0.25) is 0 Å². The number of hydrogen-bond donors (Lipinski definition) is 2. The number of hydrogen-bond acceptors (Lipinski definition) is 3. The summed E-state index contributed by atoms with van der Waals surface area (Å²) in [4.78, 5) is 0. The van der Waals surface area contributed by atoms with E-state index in [4.69, 9.17) is 4.74 Å². The molecular weight excluding hydrogens is 466 g/mol. The van der Waals surface area contributed by atoms with Gasteiger partial charge in [0.1, 0.15) is 0 Å². The van der Waals surface area contributed by atoms with Gasteiger partial charge in [0.15, 0.2) is 0 Å². The van der Waals surface area contributed by atoms with Gasteiger partial charge in [0.05, 0.1) is 24.5 Å². The van der Waals surface area contributed by atoms with Crippen molar-refractivity contribution in [3.8, 4) is 0 Å². The number of rotatable bonds is 6. The second-order valence-corrected chi connectivity index (χ2v) is 8.00. The molecule has 3 nitrogen and oxygen atoms in total. The van der Waals surface area contributed by atoms with Crippen molar-refractivity contribution in [1.29, 1.82) is 0 Å². The zero-order chi connectivity index (χ0) is 15.2. The Labute approximate surface area is 151 Å². The normalized spacial score (nSPS) is 17.7. The average Bonchev–Trinajstić information content (AvgIpc) is 2.45. The summed E-state index contributed by atoms with van der Waals surface area (Å²) in [5.74, 6) is 0. The van der Waals surface area contributed by atoms with E-state index in [1.807, 2.05) is 12.1 Å². The van der Waals surface area contributed by atoms with E-state index < -0.39 is 6.10 Å². The van der Waals surface area contributed by atoms with Crippen molar-refractivity contribution in [3.05, 3.63) is 25.6 Å². The van der Waals surface area contributed by atoms with Gasteiger partial charge in [0, 0.05) is 20.0 Å². The smallest absolute Gasteiger partial charge is 0.0945 e. The summed E-state index contributed by atoms with van der Waals surface area (Å²) in [5.41, 5.74) is 0.940. The highest BCUT2D eigenvalue weighted by atomic mass is 79.9. The predicted molar refractivity (Wildman–Crippen MR) is 96.9 cm³/mol. The Morgan fingerprint density at radius 3 is 2.38 bits per heavy atom. The molecule has 2 N–H and O–H groups in total. The molecule has 0 aromatic heterocycles. The molecule has 0 heterocycles. The molecule has 0 saturated heterocycles. The third-order valence-electron chi connectivity index (χ3n) is 3.60. The number of benzene rings is 1. The molecule has 0 amide bonds. The van der Waals surface area contributed by atoms with Crippen LogP contribution in [0.3, 0.4) is 0 Å². The lowest BCUT2D eigenvalue weighted by Gasteiger charge is -2.23. The number of aliphatic hydroxyl groups excluding tert-OH is 1. The minimum absolute atomic E-state index is 0.333. The van der Waals surface area contributed by atoms with Crippen LogP contribution in [-0.2, 0) is 4.74 Å². The van der Waals surface area contributed by atoms with Crippen LogP contribution < -0.4 is 5.32 Å². The summed E-state index contributed by atoms with van der Waals surface area (Å²) in [6, 6.07) is 3.94. The number of aliphatic hydroxyl groups is 1. The van der Waals surface area contributed by atoms with Gasteiger partial charge in [-0.15, -0.1) is 0 Å². The van der Waals surface area contributed by atoms with Gasteiger partial charge in [-0.1, -0.05) is 35.2 Å². The standard InChI is InChI=1S/C15H20Br3NO2/c16-10-6-13(17)15(14(18)7-10)19-8-11(20)9-21-12-4-2-1-3-5-12/h6-7,11-12,19-20H,1-5,8-9H2. The summed E-state index contributed by atoms with van der Waals surface area (Å²) in [7, 11) is 0. The molecule has 118 valence electrons. The number of ether oxygens (including phenoxy) is 1. The highest BCUT2D eigenvalue weighted by Gasteiger charge is 2.16. The number of halogens is 3. The Bertz CT molecular complexity index is 441. The molecule has 0 aliphatic heterocycles. The van der Waals surface area contributed by atoms with Crippen LogP contribution in [0, 0.1) is 0 Å². The minimum atomic E-state index is -0.505. The monoisotopic (exact) mass is 483 g/mol. The first kappa shape index (κ1) is 17.7. The van der Waals surface area contributed by atoms with Crippen LogP contribution in [0.5, 0.6) is 0 Å². The fourth-order valence-electron chi connectivity index (χ4n) is 2.47. The summed E-state index contributed by atoms with van der Waals surface area (Å²) < 4.78 is 8.68. The maximum Gasteiger partial charge on any atom is 0.0945 e. The molecule has 0 bridgehead atoms. The zero-order valence-corrected chi connectivity index (χ0v) is 16.5. The average molecular weight is 486 g/mol. The molecule has 6 heteroatoms. The summed E-state index contributed by atoms with van der Waals surface area (Å²) >= 11 is 10.5. The van der Waals surface area contributed by atoms with Crippen molar-refractivity contribution in [3.63, 3.8) is 0 Å². The van der Waals surface area contributed by atoms with Crippen molar-refractivity contribution in [2.45, 2.75) is 44.3 Å². The summed E-state index contributed by atoms with van der Waals surface area (Å²) in [6.07, 6.45) is 5.90. The fraction of sp³-hybridized carbons (Fsp3) is 0.600. The Morgan fingerprint density at radius 1 is 1.14 bits per heavy atom. The first-order chi connectivity index (χ1) is 10.1. The highest BCUT2D eigenvalue weighted by molar-refractivity contribution is 9.11. The van der Waals surface area contributed by atoms with E-state index in [1.54, 1.807) is 0 Å². The van der Waals surface area contributed by atoms with E-state index in [2.05, 4.69) is 53.1 Å². The van der Waals surface area contributed by atoms with Gasteiger partial charge in [-0.25, -0.2) is 0 Å². The van der Waals surface area contributed by atoms with E-state index in [0.29, 0.717) is 19.3 Å². The third-order valence-corrected chi connectivity index (χ3v) is 5.31. The van der Waals surface area contributed by atoms with Crippen molar-refractivity contribution in [2.24, 2.45) is 0 Å². The first-order valence-electron chi connectivity index (χ1n) is 7.24. The first-order valence-corrected chi connectivity index (χ1v) is 9.62. The van der Waals surface area contributed by atoms with Gasteiger partial charge in [-0.2, -0.15) is 0 Å². The lowest BCUT2D eigenvalue weighted by molar-refractivity contribution is -0.0195. The molecular formula is C15H20Br3NO2. The van der Waals surface area contributed by atoms with Crippen LogP contribution in [0.4, 0.5) is 5.69 Å². The molecule has 1 aliphatic rings. The van der Waals surface area contributed by atoms with Gasteiger partial charge in [-0.3, -0.25) is 0 Å². The molecule has 1 aliphatic carbocycles. The number of anilines is 1. The molecule has 1 aromatic rings. The maximum atomic E-state index is 10.1. The lowest BCUT2D eigenvalue weighted by atomic mass is 9.98. The van der Waals surface area contributed by atoms with Crippen LogP contribution in [0.1, 0.15) is 32.1 Å². The van der Waals surface area contributed by atoms with E-state index in [-0.39, 0.29) is 0 Å². The maximum absolute atomic E-state index is 10.1. The highest BCUT2D eigenvalue weighted by Crippen LogP contribution is 2.34. The van der Waals surface area contributed by atoms with Crippen LogP contribution in [0.25, 0.3) is 0 Å². The summed E-state index contributed by atoms with van der Waals surface area (Å²) in [5, 5.41) is 13.3. The molecule has 0 radical (unpaired) electrons. The van der Waals surface area contributed by atoms with Gasteiger partial charge < -0.3 is 15.2 Å². The van der Waals surface area contributed by atoms with Gasteiger partial charge in [-0.05, 0) is 56.8 Å². The largest absolute Gasteiger partial charge is 0.389 e. The van der Waals surface area contributed by atoms with E-state index in [1.165, 1.54) is 19.3 Å². The zero-order valence-electron chi connectivity index (χ0n) is 11.7. The predicted octanol–water partition coefficient (Wildman–Crippen LogP) is 5.10. The fourth-order valence-corrected chi connectivity index (χ4v) is 5.01.